The summed E-state index contributed by atoms with van der Waals surface area (Å²) < 4.78 is 5.57. The molecule has 1 aliphatic rings. The quantitative estimate of drug-likeness (QED) is 0.613. The van der Waals surface area contributed by atoms with Crippen LogP contribution in [0.1, 0.15) is 22.3 Å². The highest BCUT2D eigenvalue weighted by Gasteiger charge is 2.25. The van der Waals surface area contributed by atoms with Crippen molar-refractivity contribution in [1.82, 2.24) is 0 Å². The minimum absolute atomic E-state index is 0.0204. The molecule has 0 spiro atoms. The lowest BCUT2D eigenvalue weighted by atomic mass is 10.1. The molecule has 30 heavy (non-hydrogen) atoms. The van der Waals surface area contributed by atoms with E-state index in [-0.39, 0.29) is 18.4 Å². The number of rotatable bonds is 6. The lowest BCUT2D eigenvalue weighted by Crippen LogP contribution is -2.39. The molecular formula is C24H21ClN2O3. The van der Waals surface area contributed by atoms with E-state index in [2.05, 4.69) is 17.4 Å². The SMILES string of the molecule is O=C(Nc1ccc2c(c1)N(CCCc1ccccc1)C(=O)CO2)c1cccc(Cl)c1. The molecule has 6 heteroatoms. The standard InChI is InChI=1S/C24H21ClN2O3/c25-19-10-4-9-18(14-19)24(29)26-20-11-12-22-21(15-20)27(23(28)16-30-22)13-5-8-17-6-2-1-3-7-17/h1-4,6-7,9-12,14-15H,5,8,13,16H2,(H,26,29). The first-order valence-electron chi connectivity index (χ1n) is 9.78. The second kappa shape index (κ2) is 9.01. The summed E-state index contributed by atoms with van der Waals surface area (Å²) in [4.78, 5) is 26.8. The van der Waals surface area contributed by atoms with Gasteiger partial charge in [-0.25, -0.2) is 0 Å². The molecule has 1 aliphatic heterocycles. The third-order valence-corrected chi connectivity index (χ3v) is 5.17. The number of hydrogen-bond acceptors (Lipinski definition) is 3. The Morgan fingerprint density at radius 3 is 2.67 bits per heavy atom. The van der Waals surface area contributed by atoms with Crippen LogP contribution in [0.15, 0.2) is 72.8 Å². The topological polar surface area (TPSA) is 58.6 Å². The maximum absolute atomic E-state index is 12.5. The third kappa shape index (κ3) is 4.63. The van der Waals surface area contributed by atoms with Gasteiger partial charge in [0.05, 0.1) is 5.69 Å². The fourth-order valence-corrected chi connectivity index (χ4v) is 3.63. The van der Waals surface area contributed by atoms with E-state index in [9.17, 15) is 9.59 Å². The van der Waals surface area contributed by atoms with Gasteiger partial charge in [0, 0.05) is 22.8 Å². The number of amides is 2. The Bertz CT molecular complexity index is 1070. The highest BCUT2D eigenvalue weighted by molar-refractivity contribution is 6.31. The molecule has 152 valence electrons. The summed E-state index contributed by atoms with van der Waals surface area (Å²) in [5, 5.41) is 3.36. The van der Waals surface area contributed by atoms with E-state index >= 15 is 0 Å². The van der Waals surface area contributed by atoms with Gasteiger partial charge in [0.2, 0.25) is 0 Å². The second-order valence-corrected chi connectivity index (χ2v) is 7.51. The van der Waals surface area contributed by atoms with Crippen LogP contribution >= 0.6 is 11.6 Å². The molecule has 5 nitrogen and oxygen atoms in total. The van der Waals surface area contributed by atoms with Gasteiger partial charge >= 0.3 is 0 Å². The molecule has 0 radical (unpaired) electrons. The van der Waals surface area contributed by atoms with Crippen molar-refractivity contribution in [2.75, 3.05) is 23.4 Å². The molecule has 0 fully saturated rings. The number of fused-ring (bicyclic) bond motifs is 1. The number of anilines is 2. The highest BCUT2D eigenvalue weighted by Crippen LogP contribution is 2.35. The third-order valence-electron chi connectivity index (χ3n) is 4.94. The monoisotopic (exact) mass is 420 g/mol. The zero-order valence-electron chi connectivity index (χ0n) is 16.3. The number of aryl methyl sites for hydroxylation is 1. The number of hydrogen-bond donors (Lipinski definition) is 1. The zero-order valence-corrected chi connectivity index (χ0v) is 17.1. The summed E-state index contributed by atoms with van der Waals surface area (Å²) in [5.74, 6) is 0.278. The van der Waals surface area contributed by atoms with E-state index < -0.39 is 0 Å². The first-order chi connectivity index (χ1) is 14.6. The van der Waals surface area contributed by atoms with Crippen molar-refractivity contribution in [3.05, 3.63) is 88.9 Å². The molecule has 2 amide bonds. The van der Waals surface area contributed by atoms with Gasteiger partial charge in [0.15, 0.2) is 6.61 Å². The van der Waals surface area contributed by atoms with Crippen molar-refractivity contribution < 1.29 is 14.3 Å². The molecule has 1 heterocycles. The Labute approximate surface area is 180 Å². The predicted octanol–water partition coefficient (Wildman–Crippen LogP) is 4.95. The fourth-order valence-electron chi connectivity index (χ4n) is 3.44. The van der Waals surface area contributed by atoms with Gasteiger partial charge in [-0.15, -0.1) is 0 Å². The van der Waals surface area contributed by atoms with Crippen LogP contribution in [0.3, 0.4) is 0 Å². The lowest BCUT2D eigenvalue weighted by molar-refractivity contribution is -0.121. The van der Waals surface area contributed by atoms with Crippen molar-refractivity contribution in [1.29, 1.82) is 0 Å². The van der Waals surface area contributed by atoms with Crippen LogP contribution in [0.4, 0.5) is 11.4 Å². The molecule has 4 rings (SSSR count). The maximum Gasteiger partial charge on any atom is 0.265 e. The van der Waals surface area contributed by atoms with Gasteiger partial charge in [-0.3, -0.25) is 9.59 Å². The van der Waals surface area contributed by atoms with Gasteiger partial charge in [0.25, 0.3) is 11.8 Å². The molecule has 3 aromatic carbocycles. The van der Waals surface area contributed by atoms with Crippen LogP contribution in [-0.2, 0) is 11.2 Å². The normalized spacial score (nSPS) is 12.8. The van der Waals surface area contributed by atoms with Crippen LogP contribution in [0.5, 0.6) is 5.75 Å². The Morgan fingerprint density at radius 2 is 1.87 bits per heavy atom. The van der Waals surface area contributed by atoms with E-state index in [0.717, 1.165) is 12.8 Å². The van der Waals surface area contributed by atoms with E-state index in [1.165, 1.54) is 5.56 Å². The number of halogens is 1. The van der Waals surface area contributed by atoms with Gasteiger partial charge in [-0.05, 0) is 54.8 Å². The van der Waals surface area contributed by atoms with Gasteiger partial charge in [-0.1, -0.05) is 48.0 Å². The molecule has 0 saturated carbocycles. The van der Waals surface area contributed by atoms with Crippen molar-refractivity contribution in [2.24, 2.45) is 0 Å². The van der Waals surface area contributed by atoms with Crippen molar-refractivity contribution in [2.45, 2.75) is 12.8 Å². The number of nitrogens with zero attached hydrogens (tertiary/aromatic N) is 1. The van der Waals surface area contributed by atoms with Crippen LogP contribution < -0.4 is 15.0 Å². The molecule has 0 bridgehead atoms. The minimum atomic E-state index is -0.267. The van der Waals surface area contributed by atoms with Crippen LogP contribution in [0.2, 0.25) is 5.02 Å². The molecule has 0 atom stereocenters. The highest BCUT2D eigenvalue weighted by atomic mass is 35.5. The predicted molar refractivity (Wildman–Crippen MR) is 118 cm³/mol. The van der Waals surface area contributed by atoms with Crippen molar-refractivity contribution >= 4 is 34.8 Å². The molecule has 0 aromatic heterocycles. The summed E-state index contributed by atoms with van der Waals surface area (Å²) in [6.07, 6.45) is 1.71. The number of nitrogens with one attached hydrogen (secondary N) is 1. The average Bonchev–Trinajstić information content (AvgIpc) is 2.76. The number of ether oxygens (including phenoxy) is 1. The van der Waals surface area contributed by atoms with Gasteiger partial charge in [0.1, 0.15) is 5.75 Å². The largest absolute Gasteiger partial charge is 0.482 e. The Balaban J connectivity index is 1.49. The molecule has 0 aliphatic carbocycles. The van der Waals surface area contributed by atoms with E-state index in [1.807, 2.05) is 18.2 Å². The second-order valence-electron chi connectivity index (χ2n) is 7.07. The first kappa shape index (κ1) is 20.0. The summed E-state index contributed by atoms with van der Waals surface area (Å²) in [6.45, 7) is 0.600. The minimum Gasteiger partial charge on any atom is -0.482 e. The molecular weight excluding hydrogens is 400 g/mol. The summed E-state index contributed by atoms with van der Waals surface area (Å²) in [5.41, 5.74) is 2.96. The zero-order chi connectivity index (χ0) is 20.9. The number of carbonyl (C=O) groups excluding carboxylic acids is 2. The molecule has 0 unspecified atom stereocenters. The van der Waals surface area contributed by atoms with Crippen LogP contribution in [-0.4, -0.2) is 25.0 Å². The molecule has 1 N–H and O–H groups in total. The number of benzene rings is 3. The van der Waals surface area contributed by atoms with E-state index in [1.54, 1.807) is 47.4 Å². The van der Waals surface area contributed by atoms with Crippen molar-refractivity contribution in [3.63, 3.8) is 0 Å². The summed E-state index contributed by atoms with van der Waals surface area (Å²) in [6, 6.07) is 22.2. The van der Waals surface area contributed by atoms with Gasteiger partial charge in [-0.2, -0.15) is 0 Å². The Kier molecular flexibility index (Phi) is 6.00. The first-order valence-corrected chi connectivity index (χ1v) is 10.2. The van der Waals surface area contributed by atoms with Crippen LogP contribution in [0, 0.1) is 0 Å². The summed E-state index contributed by atoms with van der Waals surface area (Å²) >= 11 is 5.97. The molecule has 3 aromatic rings. The van der Waals surface area contributed by atoms with E-state index in [0.29, 0.717) is 34.3 Å². The van der Waals surface area contributed by atoms with Crippen LogP contribution in [0.25, 0.3) is 0 Å². The van der Waals surface area contributed by atoms with E-state index in [4.69, 9.17) is 16.3 Å². The van der Waals surface area contributed by atoms with Crippen molar-refractivity contribution in [3.8, 4) is 5.75 Å². The Hall–Kier alpha value is -3.31. The fraction of sp³-hybridized carbons (Fsp3) is 0.167. The lowest BCUT2D eigenvalue weighted by Gasteiger charge is -2.30. The maximum atomic E-state index is 12.5. The summed E-state index contributed by atoms with van der Waals surface area (Å²) in [7, 11) is 0. The average molecular weight is 421 g/mol. The Morgan fingerprint density at radius 1 is 1.03 bits per heavy atom. The number of carbonyl (C=O) groups is 2. The smallest absolute Gasteiger partial charge is 0.265 e. The van der Waals surface area contributed by atoms with Gasteiger partial charge < -0.3 is 15.0 Å². The molecule has 0 saturated heterocycles.